The summed E-state index contributed by atoms with van der Waals surface area (Å²) in [7, 11) is 0. The van der Waals surface area contributed by atoms with Crippen LogP contribution in [0, 0.1) is 5.41 Å². The van der Waals surface area contributed by atoms with Gasteiger partial charge in [0, 0.05) is 18.3 Å². The summed E-state index contributed by atoms with van der Waals surface area (Å²) in [6.07, 6.45) is 1.90. The molecule has 1 aliphatic carbocycles. The van der Waals surface area contributed by atoms with Crippen molar-refractivity contribution < 1.29 is 14.7 Å². The van der Waals surface area contributed by atoms with Crippen molar-refractivity contribution in [3.05, 3.63) is 16.1 Å². The van der Waals surface area contributed by atoms with Gasteiger partial charge >= 0.3 is 5.97 Å². The van der Waals surface area contributed by atoms with Crippen molar-refractivity contribution in [3.8, 4) is 0 Å². The first kappa shape index (κ1) is 13.0. The van der Waals surface area contributed by atoms with Crippen molar-refractivity contribution in [2.75, 3.05) is 13.1 Å². The summed E-state index contributed by atoms with van der Waals surface area (Å²) in [5.41, 5.74) is 5.00. The Morgan fingerprint density at radius 2 is 2.28 bits per heavy atom. The fourth-order valence-electron chi connectivity index (χ4n) is 1.61. The molecule has 1 saturated carbocycles. The van der Waals surface area contributed by atoms with Crippen LogP contribution >= 0.6 is 11.3 Å². The minimum absolute atomic E-state index is 0.172. The van der Waals surface area contributed by atoms with Crippen LogP contribution in [-0.2, 0) is 11.2 Å². The van der Waals surface area contributed by atoms with Crippen molar-refractivity contribution in [3.63, 3.8) is 0 Å². The van der Waals surface area contributed by atoms with E-state index in [1.54, 1.807) is 5.38 Å². The summed E-state index contributed by atoms with van der Waals surface area (Å²) < 4.78 is 0. The zero-order chi connectivity index (χ0) is 13.2. The van der Waals surface area contributed by atoms with Gasteiger partial charge in [0.15, 0.2) is 0 Å². The van der Waals surface area contributed by atoms with Crippen LogP contribution in [0.3, 0.4) is 0 Å². The molecular formula is C11H15N3O3S. The maximum Gasteiger partial charge on any atom is 0.311 e. The van der Waals surface area contributed by atoms with Gasteiger partial charge in [0.05, 0.1) is 10.4 Å². The third-order valence-corrected chi connectivity index (χ3v) is 3.95. The van der Waals surface area contributed by atoms with E-state index < -0.39 is 11.4 Å². The molecule has 0 unspecified atom stereocenters. The molecular weight excluding hydrogens is 254 g/mol. The SMILES string of the molecule is NCCc1nc(C(=O)NCC2(C(=O)O)CC2)cs1. The molecule has 0 spiro atoms. The summed E-state index contributed by atoms with van der Waals surface area (Å²) in [6, 6.07) is 0. The van der Waals surface area contributed by atoms with Crippen molar-refractivity contribution in [2.24, 2.45) is 11.1 Å². The highest BCUT2D eigenvalue weighted by Gasteiger charge is 2.50. The number of thiazole rings is 1. The highest BCUT2D eigenvalue weighted by Crippen LogP contribution is 2.45. The summed E-state index contributed by atoms with van der Waals surface area (Å²) >= 11 is 1.39. The standard InChI is InChI=1S/C11H15N3O3S/c12-4-1-8-14-7(5-18-8)9(15)13-6-11(2-3-11)10(16)17/h5H,1-4,6,12H2,(H,13,15)(H,16,17). The van der Waals surface area contributed by atoms with Gasteiger partial charge in [0.2, 0.25) is 0 Å². The minimum Gasteiger partial charge on any atom is -0.481 e. The predicted octanol–water partition coefficient (Wildman–Crippen LogP) is 0.239. The number of carboxylic acids is 1. The van der Waals surface area contributed by atoms with Gasteiger partial charge < -0.3 is 16.2 Å². The summed E-state index contributed by atoms with van der Waals surface area (Å²) in [4.78, 5) is 26.9. The van der Waals surface area contributed by atoms with E-state index in [1.165, 1.54) is 11.3 Å². The lowest BCUT2D eigenvalue weighted by atomic mass is 10.1. The largest absolute Gasteiger partial charge is 0.481 e. The van der Waals surface area contributed by atoms with Crippen LogP contribution in [0.1, 0.15) is 28.3 Å². The van der Waals surface area contributed by atoms with E-state index in [-0.39, 0.29) is 12.5 Å². The number of carbonyl (C=O) groups is 2. The van der Waals surface area contributed by atoms with Gasteiger partial charge in [-0.2, -0.15) is 0 Å². The molecule has 98 valence electrons. The van der Waals surface area contributed by atoms with E-state index in [0.717, 1.165) is 5.01 Å². The number of hydrogen-bond donors (Lipinski definition) is 3. The van der Waals surface area contributed by atoms with Crippen LogP contribution in [0.15, 0.2) is 5.38 Å². The molecule has 0 bridgehead atoms. The second-order valence-electron chi connectivity index (χ2n) is 4.43. The Hall–Kier alpha value is -1.47. The molecule has 1 aromatic rings. The van der Waals surface area contributed by atoms with Crippen LogP contribution in [0.4, 0.5) is 0 Å². The van der Waals surface area contributed by atoms with E-state index in [9.17, 15) is 9.59 Å². The molecule has 6 nitrogen and oxygen atoms in total. The first-order valence-electron chi connectivity index (χ1n) is 5.73. The summed E-state index contributed by atoms with van der Waals surface area (Å²) in [5, 5.41) is 14.1. The van der Waals surface area contributed by atoms with E-state index in [1.807, 2.05) is 0 Å². The van der Waals surface area contributed by atoms with E-state index in [0.29, 0.717) is 31.5 Å². The number of nitrogens with one attached hydrogen (secondary N) is 1. The first-order chi connectivity index (χ1) is 8.57. The molecule has 0 saturated heterocycles. The average molecular weight is 269 g/mol. The quantitative estimate of drug-likeness (QED) is 0.686. The molecule has 1 heterocycles. The number of carboxylic acid groups (broad SMARTS) is 1. The van der Waals surface area contributed by atoms with Crippen molar-refractivity contribution in [2.45, 2.75) is 19.3 Å². The lowest BCUT2D eigenvalue weighted by Gasteiger charge is -2.09. The first-order valence-corrected chi connectivity index (χ1v) is 6.61. The maximum absolute atomic E-state index is 11.8. The molecule has 0 atom stereocenters. The molecule has 2 rings (SSSR count). The maximum atomic E-state index is 11.8. The Labute approximate surface area is 108 Å². The monoisotopic (exact) mass is 269 g/mol. The zero-order valence-electron chi connectivity index (χ0n) is 9.81. The molecule has 18 heavy (non-hydrogen) atoms. The normalized spacial score (nSPS) is 16.3. The van der Waals surface area contributed by atoms with Crippen molar-refractivity contribution >= 4 is 23.2 Å². The van der Waals surface area contributed by atoms with Gasteiger partial charge in [-0.25, -0.2) is 4.98 Å². The highest BCUT2D eigenvalue weighted by atomic mass is 32.1. The van der Waals surface area contributed by atoms with Gasteiger partial charge in [0.1, 0.15) is 5.69 Å². The topological polar surface area (TPSA) is 105 Å². The lowest BCUT2D eigenvalue weighted by Crippen LogP contribution is -2.34. The third-order valence-electron chi connectivity index (χ3n) is 3.04. The van der Waals surface area contributed by atoms with Crippen LogP contribution in [0.25, 0.3) is 0 Å². The Morgan fingerprint density at radius 1 is 1.56 bits per heavy atom. The molecule has 1 aliphatic rings. The molecule has 7 heteroatoms. The number of nitrogens with two attached hydrogens (primary N) is 1. The molecule has 4 N–H and O–H groups in total. The Morgan fingerprint density at radius 3 is 2.83 bits per heavy atom. The number of aromatic nitrogens is 1. The summed E-state index contributed by atoms with van der Waals surface area (Å²) in [5.74, 6) is -1.16. The third kappa shape index (κ3) is 2.68. The fraction of sp³-hybridized carbons (Fsp3) is 0.545. The van der Waals surface area contributed by atoms with Crippen LogP contribution < -0.4 is 11.1 Å². The van der Waals surface area contributed by atoms with Crippen LogP contribution in [-0.4, -0.2) is 35.1 Å². The van der Waals surface area contributed by atoms with Crippen molar-refractivity contribution in [1.29, 1.82) is 0 Å². The Balaban J connectivity index is 1.89. The molecule has 1 aromatic heterocycles. The highest BCUT2D eigenvalue weighted by molar-refractivity contribution is 7.09. The van der Waals surface area contributed by atoms with Crippen LogP contribution in [0.2, 0.25) is 0 Å². The predicted molar refractivity (Wildman–Crippen MR) is 66.5 cm³/mol. The molecule has 0 radical (unpaired) electrons. The smallest absolute Gasteiger partial charge is 0.311 e. The molecule has 1 amide bonds. The van der Waals surface area contributed by atoms with Crippen LogP contribution in [0.5, 0.6) is 0 Å². The minimum atomic E-state index is -0.843. The Kier molecular flexibility index (Phi) is 3.63. The fourth-order valence-corrected chi connectivity index (χ4v) is 2.40. The van der Waals surface area contributed by atoms with E-state index >= 15 is 0 Å². The van der Waals surface area contributed by atoms with E-state index in [2.05, 4.69) is 10.3 Å². The van der Waals surface area contributed by atoms with Gasteiger partial charge in [-0.3, -0.25) is 9.59 Å². The van der Waals surface area contributed by atoms with Gasteiger partial charge in [-0.05, 0) is 19.4 Å². The number of nitrogens with zero attached hydrogens (tertiary/aromatic N) is 1. The Bertz CT molecular complexity index is 468. The second-order valence-corrected chi connectivity index (χ2v) is 5.38. The number of aliphatic carboxylic acids is 1. The van der Waals surface area contributed by atoms with E-state index in [4.69, 9.17) is 10.8 Å². The zero-order valence-corrected chi connectivity index (χ0v) is 10.6. The number of amides is 1. The van der Waals surface area contributed by atoms with Crippen molar-refractivity contribution in [1.82, 2.24) is 10.3 Å². The van der Waals surface area contributed by atoms with Gasteiger partial charge in [-0.15, -0.1) is 11.3 Å². The number of rotatable bonds is 6. The molecule has 1 fully saturated rings. The molecule has 0 aliphatic heterocycles. The number of carbonyl (C=O) groups excluding carboxylic acids is 1. The lowest BCUT2D eigenvalue weighted by molar-refractivity contribution is -0.143. The second kappa shape index (κ2) is 5.03. The number of hydrogen-bond acceptors (Lipinski definition) is 5. The summed E-state index contributed by atoms with van der Waals surface area (Å²) in [6.45, 7) is 0.668. The average Bonchev–Trinajstić information content (AvgIpc) is 3.00. The van der Waals surface area contributed by atoms with Gasteiger partial charge in [-0.1, -0.05) is 0 Å². The van der Waals surface area contributed by atoms with Gasteiger partial charge in [0.25, 0.3) is 5.91 Å². The molecule has 0 aromatic carbocycles.